The second-order valence-corrected chi connectivity index (χ2v) is 4.26. The summed E-state index contributed by atoms with van der Waals surface area (Å²) in [7, 11) is 1.87. The molecular weight excluding hydrogens is 254 g/mol. The van der Waals surface area contributed by atoms with E-state index < -0.39 is 0 Å². The summed E-state index contributed by atoms with van der Waals surface area (Å²) in [6.07, 6.45) is 3.44. The van der Waals surface area contributed by atoms with Crippen molar-refractivity contribution in [2.24, 2.45) is 0 Å². The van der Waals surface area contributed by atoms with Gasteiger partial charge in [0, 0.05) is 13.2 Å². The minimum atomic E-state index is -0.353. The van der Waals surface area contributed by atoms with Gasteiger partial charge < -0.3 is 15.4 Å². The van der Waals surface area contributed by atoms with Crippen molar-refractivity contribution < 1.29 is 9.53 Å². The molecule has 0 atom stereocenters. The molecule has 1 aromatic carbocycles. The van der Waals surface area contributed by atoms with Crippen LogP contribution in [0, 0.1) is 0 Å². The number of carbonyl (C=O) groups excluding carboxylic acids is 1. The van der Waals surface area contributed by atoms with Crippen LogP contribution in [0.25, 0.3) is 0 Å². The number of ether oxygens (including phenoxy) is 1. The molecule has 0 radical (unpaired) electrons. The Morgan fingerprint density at radius 3 is 2.85 bits per heavy atom. The monoisotopic (exact) mass is 271 g/mol. The van der Waals surface area contributed by atoms with E-state index in [4.69, 9.17) is 10.5 Å². The van der Waals surface area contributed by atoms with Gasteiger partial charge in [-0.2, -0.15) is 0 Å². The fraction of sp³-hybridized carbons (Fsp3) is 0.200. The first-order valence-corrected chi connectivity index (χ1v) is 6.34. The van der Waals surface area contributed by atoms with Gasteiger partial charge in [0.2, 0.25) is 0 Å². The lowest BCUT2D eigenvalue weighted by Gasteiger charge is -2.21. The summed E-state index contributed by atoms with van der Waals surface area (Å²) in [6, 6.07) is 8.85. The van der Waals surface area contributed by atoms with Gasteiger partial charge in [0.1, 0.15) is 0 Å². The lowest BCUT2D eigenvalue weighted by molar-refractivity contribution is 0.0526. The first-order chi connectivity index (χ1) is 9.63. The topological polar surface area (TPSA) is 68.5 Å². The van der Waals surface area contributed by atoms with Crippen LogP contribution >= 0.6 is 0 Å². The Kier molecular flexibility index (Phi) is 4.20. The Balaban J connectivity index is 2.36. The highest BCUT2D eigenvalue weighted by Crippen LogP contribution is 2.29. The fourth-order valence-corrected chi connectivity index (χ4v) is 1.87. The average Bonchev–Trinajstić information content (AvgIpc) is 2.48. The third-order valence-electron chi connectivity index (χ3n) is 2.94. The highest BCUT2D eigenvalue weighted by atomic mass is 16.5. The van der Waals surface area contributed by atoms with Gasteiger partial charge in [0.25, 0.3) is 0 Å². The number of nitrogens with zero attached hydrogens (tertiary/aromatic N) is 2. The molecule has 0 unspecified atom stereocenters. The predicted octanol–water partition coefficient (Wildman–Crippen LogP) is 2.61. The van der Waals surface area contributed by atoms with Crippen LogP contribution < -0.4 is 10.6 Å². The van der Waals surface area contributed by atoms with Gasteiger partial charge in [0.15, 0.2) is 0 Å². The fourth-order valence-electron chi connectivity index (χ4n) is 1.87. The molecule has 104 valence electrons. The number of benzene rings is 1. The molecule has 5 nitrogen and oxygen atoms in total. The predicted molar refractivity (Wildman–Crippen MR) is 79.1 cm³/mol. The Bertz CT molecular complexity index is 599. The van der Waals surface area contributed by atoms with Gasteiger partial charge in [-0.25, -0.2) is 4.79 Å². The number of pyridine rings is 1. The van der Waals surface area contributed by atoms with Crippen LogP contribution in [0.2, 0.25) is 0 Å². The second kappa shape index (κ2) is 6.06. The number of anilines is 3. The zero-order valence-electron chi connectivity index (χ0n) is 11.5. The van der Waals surface area contributed by atoms with Crippen molar-refractivity contribution in [2.75, 3.05) is 24.3 Å². The maximum atomic E-state index is 11.8. The molecular formula is C15H17N3O2. The molecule has 1 heterocycles. The first-order valence-electron chi connectivity index (χ1n) is 6.34. The summed E-state index contributed by atoms with van der Waals surface area (Å²) < 4.78 is 5.00. The minimum absolute atomic E-state index is 0.344. The van der Waals surface area contributed by atoms with Crippen molar-refractivity contribution in [3.8, 4) is 0 Å². The van der Waals surface area contributed by atoms with Gasteiger partial charge in [-0.05, 0) is 37.3 Å². The zero-order valence-corrected chi connectivity index (χ0v) is 11.5. The second-order valence-electron chi connectivity index (χ2n) is 4.26. The van der Waals surface area contributed by atoms with Gasteiger partial charge in [0.05, 0.1) is 35.4 Å². The van der Waals surface area contributed by atoms with Gasteiger partial charge in [-0.3, -0.25) is 4.98 Å². The number of nitrogen functional groups attached to an aromatic ring is 1. The smallest absolute Gasteiger partial charge is 0.338 e. The zero-order chi connectivity index (χ0) is 14.5. The minimum Gasteiger partial charge on any atom is -0.462 e. The summed E-state index contributed by atoms with van der Waals surface area (Å²) >= 11 is 0. The molecule has 0 bridgehead atoms. The molecule has 0 saturated heterocycles. The number of hydrogen-bond donors (Lipinski definition) is 1. The molecule has 1 aromatic heterocycles. The number of aromatic nitrogens is 1. The number of nitrogens with two attached hydrogens (primary N) is 1. The van der Waals surface area contributed by atoms with Crippen molar-refractivity contribution in [2.45, 2.75) is 6.92 Å². The van der Waals surface area contributed by atoms with Crippen molar-refractivity contribution in [1.82, 2.24) is 4.98 Å². The molecule has 0 amide bonds. The van der Waals surface area contributed by atoms with Crippen LogP contribution in [-0.4, -0.2) is 24.6 Å². The first kappa shape index (κ1) is 13.9. The SMILES string of the molecule is CCOC(=O)c1ccc(N)c(N(C)c2cccnc2)c1. The Hall–Kier alpha value is -2.56. The molecule has 0 fully saturated rings. The maximum Gasteiger partial charge on any atom is 0.338 e. The Morgan fingerprint density at radius 1 is 1.40 bits per heavy atom. The molecule has 20 heavy (non-hydrogen) atoms. The molecule has 2 aromatic rings. The normalized spacial score (nSPS) is 10.1. The van der Waals surface area contributed by atoms with E-state index in [-0.39, 0.29) is 5.97 Å². The quantitative estimate of drug-likeness (QED) is 0.684. The Morgan fingerprint density at radius 2 is 2.20 bits per heavy atom. The van der Waals surface area contributed by atoms with E-state index >= 15 is 0 Å². The van der Waals surface area contributed by atoms with Crippen molar-refractivity contribution in [3.05, 3.63) is 48.3 Å². The number of hydrogen-bond acceptors (Lipinski definition) is 5. The van der Waals surface area contributed by atoms with E-state index in [2.05, 4.69) is 4.98 Å². The molecule has 2 N–H and O–H groups in total. The summed E-state index contributed by atoms with van der Waals surface area (Å²) in [5.74, 6) is -0.353. The number of esters is 1. The Labute approximate surface area is 118 Å². The van der Waals surface area contributed by atoms with Crippen LogP contribution in [0.3, 0.4) is 0 Å². The van der Waals surface area contributed by atoms with E-state index in [1.165, 1.54) is 0 Å². The third-order valence-corrected chi connectivity index (χ3v) is 2.94. The molecule has 0 aliphatic rings. The van der Waals surface area contributed by atoms with Crippen LogP contribution in [0.15, 0.2) is 42.7 Å². The summed E-state index contributed by atoms with van der Waals surface area (Å²) in [5.41, 5.74) is 8.68. The maximum absolute atomic E-state index is 11.8. The van der Waals surface area contributed by atoms with Crippen molar-refractivity contribution in [3.63, 3.8) is 0 Å². The lowest BCUT2D eigenvalue weighted by atomic mass is 10.1. The molecule has 5 heteroatoms. The van der Waals surface area contributed by atoms with Crippen LogP contribution in [-0.2, 0) is 4.74 Å². The summed E-state index contributed by atoms with van der Waals surface area (Å²) in [6.45, 7) is 2.12. The van der Waals surface area contributed by atoms with Crippen molar-refractivity contribution >= 4 is 23.0 Å². The molecule has 0 spiro atoms. The highest BCUT2D eigenvalue weighted by molar-refractivity contribution is 5.92. The van der Waals surface area contributed by atoms with E-state index in [1.54, 1.807) is 37.5 Å². The van der Waals surface area contributed by atoms with Gasteiger partial charge in [-0.1, -0.05) is 0 Å². The van der Waals surface area contributed by atoms with Crippen LogP contribution in [0.1, 0.15) is 17.3 Å². The van der Waals surface area contributed by atoms with Gasteiger partial charge >= 0.3 is 5.97 Å². The largest absolute Gasteiger partial charge is 0.462 e. The number of rotatable bonds is 4. The van der Waals surface area contributed by atoms with Crippen LogP contribution in [0.4, 0.5) is 17.1 Å². The molecule has 2 rings (SSSR count). The molecule has 0 aliphatic heterocycles. The van der Waals surface area contributed by atoms with E-state index in [0.717, 1.165) is 11.4 Å². The third kappa shape index (κ3) is 2.88. The molecule has 0 aliphatic carbocycles. The summed E-state index contributed by atoms with van der Waals surface area (Å²) in [4.78, 5) is 17.7. The van der Waals surface area contributed by atoms with E-state index in [0.29, 0.717) is 17.9 Å². The number of carbonyl (C=O) groups is 1. The summed E-state index contributed by atoms with van der Waals surface area (Å²) in [5, 5.41) is 0. The van der Waals surface area contributed by atoms with Crippen molar-refractivity contribution in [1.29, 1.82) is 0 Å². The lowest BCUT2D eigenvalue weighted by Crippen LogP contribution is -2.13. The highest BCUT2D eigenvalue weighted by Gasteiger charge is 2.13. The standard InChI is InChI=1S/C15H17N3O2/c1-3-20-15(19)11-6-7-13(16)14(9-11)18(2)12-5-4-8-17-10-12/h4-10H,3,16H2,1-2H3. The molecule has 0 saturated carbocycles. The van der Waals surface area contributed by atoms with E-state index in [9.17, 15) is 4.79 Å². The van der Waals surface area contributed by atoms with Gasteiger partial charge in [-0.15, -0.1) is 0 Å². The van der Waals surface area contributed by atoms with E-state index in [1.807, 2.05) is 24.1 Å². The average molecular weight is 271 g/mol. The van der Waals surface area contributed by atoms with Crippen LogP contribution in [0.5, 0.6) is 0 Å².